The molecule has 212 valence electrons. The molecule has 2 atom stereocenters. The Morgan fingerprint density at radius 2 is 1.19 bits per heavy atom. The number of rotatable bonds is 8. The second-order valence-electron chi connectivity index (χ2n) is 10.7. The standard InChI is InChI=1S/C30H28N8O2S2/c39-25(15-21-13-17-6-1-3-10-23(17)31-21)33-29-37-35-27(41-29)19-8-5-9-20(12-19)28-36-38-30(42-28)34-26(40)16-22-14-18-7-2-4-11-24(18)32-22/h1-4,6-7,10-11,13-14,19-20,31-32H,5,8-9,12,15-16H2,(H,33,37,39)(H,34,38,40)/t19-,20-/m0/s1. The summed E-state index contributed by atoms with van der Waals surface area (Å²) < 4.78 is 0. The number of aromatic nitrogens is 6. The van der Waals surface area contributed by atoms with E-state index in [1.54, 1.807) is 0 Å². The summed E-state index contributed by atoms with van der Waals surface area (Å²) >= 11 is 2.88. The molecule has 1 fully saturated rings. The van der Waals surface area contributed by atoms with Crippen molar-refractivity contribution < 1.29 is 9.59 Å². The first-order chi connectivity index (χ1) is 20.6. The minimum Gasteiger partial charge on any atom is -0.358 e. The van der Waals surface area contributed by atoms with Gasteiger partial charge >= 0.3 is 0 Å². The number of hydrogen-bond donors (Lipinski definition) is 4. The van der Waals surface area contributed by atoms with Crippen molar-refractivity contribution in [2.24, 2.45) is 0 Å². The van der Waals surface area contributed by atoms with Crippen LogP contribution in [0.3, 0.4) is 0 Å². The van der Waals surface area contributed by atoms with E-state index in [1.807, 2.05) is 60.7 Å². The molecular formula is C30H28N8O2S2. The first-order valence-corrected chi connectivity index (χ1v) is 15.6. The van der Waals surface area contributed by atoms with Gasteiger partial charge in [0.2, 0.25) is 22.1 Å². The molecule has 0 aliphatic heterocycles. The van der Waals surface area contributed by atoms with E-state index in [0.29, 0.717) is 10.3 Å². The average molecular weight is 597 g/mol. The maximum Gasteiger partial charge on any atom is 0.232 e. The third-order valence-electron chi connectivity index (χ3n) is 7.62. The SMILES string of the molecule is O=C(Cc1cc2ccccc2[nH]1)Nc1nnc([C@H]2CCC[C@H](c3nnc(NC(=O)Cc4cc5ccccc5[nH]4)s3)C2)s1. The molecule has 0 saturated heterocycles. The summed E-state index contributed by atoms with van der Waals surface area (Å²) in [6.07, 6.45) is 4.44. The Balaban J connectivity index is 0.937. The Morgan fingerprint density at radius 1 is 0.714 bits per heavy atom. The summed E-state index contributed by atoms with van der Waals surface area (Å²) in [5.41, 5.74) is 3.75. The molecule has 0 spiro atoms. The van der Waals surface area contributed by atoms with Crippen molar-refractivity contribution in [1.29, 1.82) is 0 Å². The Morgan fingerprint density at radius 3 is 1.67 bits per heavy atom. The number of carbonyl (C=O) groups is 2. The van der Waals surface area contributed by atoms with Gasteiger partial charge in [0.1, 0.15) is 10.0 Å². The molecule has 2 amide bonds. The normalized spacial score (nSPS) is 17.0. The third kappa shape index (κ3) is 5.81. The van der Waals surface area contributed by atoms with E-state index in [2.05, 4.69) is 41.0 Å². The zero-order chi connectivity index (χ0) is 28.5. The van der Waals surface area contributed by atoms with Crippen LogP contribution in [0.25, 0.3) is 21.8 Å². The van der Waals surface area contributed by atoms with Crippen LogP contribution in [0.4, 0.5) is 10.3 Å². The first kappa shape index (κ1) is 26.5. The summed E-state index contributed by atoms with van der Waals surface area (Å²) in [4.78, 5) is 31.9. The van der Waals surface area contributed by atoms with Crippen molar-refractivity contribution in [1.82, 2.24) is 30.4 Å². The Labute approximate surface area is 249 Å². The van der Waals surface area contributed by atoms with E-state index >= 15 is 0 Å². The molecule has 4 heterocycles. The minimum absolute atomic E-state index is 0.126. The fourth-order valence-corrected chi connectivity index (χ4v) is 7.48. The predicted molar refractivity (Wildman–Crippen MR) is 165 cm³/mol. The zero-order valence-corrected chi connectivity index (χ0v) is 24.2. The van der Waals surface area contributed by atoms with E-state index < -0.39 is 0 Å². The molecule has 1 aliphatic carbocycles. The molecule has 42 heavy (non-hydrogen) atoms. The molecule has 0 unspecified atom stereocenters. The van der Waals surface area contributed by atoms with Crippen LogP contribution < -0.4 is 10.6 Å². The highest BCUT2D eigenvalue weighted by molar-refractivity contribution is 7.15. The van der Waals surface area contributed by atoms with Crippen LogP contribution in [-0.4, -0.2) is 42.2 Å². The van der Waals surface area contributed by atoms with Gasteiger partial charge in [0.05, 0.1) is 12.8 Å². The number of benzene rings is 2. The number of anilines is 2. The fourth-order valence-electron chi connectivity index (χ4n) is 5.67. The highest BCUT2D eigenvalue weighted by Gasteiger charge is 2.29. The van der Waals surface area contributed by atoms with E-state index in [9.17, 15) is 9.59 Å². The second-order valence-corrected chi connectivity index (χ2v) is 12.7. The van der Waals surface area contributed by atoms with Gasteiger partial charge in [-0.05, 0) is 54.3 Å². The van der Waals surface area contributed by atoms with Gasteiger partial charge in [0, 0.05) is 34.3 Å². The first-order valence-electron chi connectivity index (χ1n) is 14.0. The van der Waals surface area contributed by atoms with Crippen molar-refractivity contribution in [3.8, 4) is 0 Å². The van der Waals surface area contributed by atoms with Crippen molar-refractivity contribution in [3.05, 3.63) is 82.1 Å². The van der Waals surface area contributed by atoms with Crippen LogP contribution in [0.15, 0.2) is 60.7 Å². The maximum atomic E-state index is 12.7. The van der Waals surface area contributed by atoms with Crippen LogP contribution in [0.1, 0.15) is 58.9 Å². The number of carbonyl (C=O) groups excluding carboxylic acids is 2. The van der Waals surface area contributed by atoms with Crippen molar-refractivity contribution in [3.63, 3.8) is 0 Å². The highest BCUT2D eigenvalue weighted by Crippen LogP contribution is 2.43. The van der Waals surface area contributed by atoms with E-state index in [1.165, 1.54) is 22.7 Å². The molecule has 0 bridgehead atoms. The topological polar surface area (TPSA) is 141 Å². The number of H-pyrrole nitrogens is 2. The Bertz CT molecular complexity index is 1690. The average Bonchev–Trinajstić information content (AvgIpc) is 3.79. The quantitative estimate of drug-likeness (QED) is 0.166. The lowest BCUT2D eigenvalue weighted by atomic mass is 9.82. The fraction of sp³-hybridized carbons (Fsp3) is 0.267. The van der Waals surface area contributed by atoms with Crippen LogP contribution in [0.2, 0.25) is 0 Å². The smallest absolute Gasteiger partial charge is 0.232 e. The molecule has 4 N–H and O–H groups in total. The number of amides is 2. The summed E-state index contributed by atoms with van der Waals surface area (Å²) in [7, 11) is 0. The van der Waals surface area contributed by atoms with Crippen molar-refractivity contribution in [2.45, 2.75) is 50.4 Å². The number of aromatic amines is 2. The summed E-state index contributed by atoms with van der Waals surface area (Å²) in [5, 5.41) is 28.2. The van der Waals surface area contributed by atoms with Crippen LogP contribution in [0.5, 0.6) is 0 Å². The van der Waals surface area contributed by atoms with Gasteiger partial charge in [-0.25, -0.2) is 0 Å². The highest BCUT2D eigenvalue weighted by atomic mass is 32.1. The predicted octanol–water partition coefficient (Wildman–Crippen LogP) is 6.16. The molecule has 1 saturated carbocycles. The lowest BCUT2D eigenvalue weighted by Crippen LogP contribution is -2.14. The van der Waals surface area contributed by atoms with Gasteiger partial charge in [-0.15, -0.1) is 20.4 Å². The summed E-state index contributed by atoms with van der Waals surface area (Å²) in [6.45, 7) is 0. The van der Waals surface area contributed by atoms with E-state index in [0.717, 1.165) is 68.9 Å². The van der Waals surface area contributed by atoms with Gasteiger partial charge in [0.15, 0.2) is 0 Å². The second kappa shape index (κ2) is 11.5. The van der Waals surface area contributed by atoms with E-state index in [4.69, 9.17) is 0 Å². The van der Waals surface area contributed by atoms with Gasteiger partial charge in [-0.3, -0.25) is 9.59 Å². The van der Waals surface area contributed by atoms with Gasteiger partial charge in [-0.1, -0.05) is 65.5 Å². The summed E-state index contributed by atoms with van der Waals surface area (Å²) in [6, 6.07) is 19.9. The zero-order valence-electron chi connectivity index (χ0n) is 22.6. The lowest BCUT2D eigenvalue weighted by molar-refractivity contribution is -0.116. The maximum absolute atomic E-state index is 12.7. The molecule has 0 radical (unpaired) electrons. The molecule has 12 heteroatoms. The molecule has 6 aromatic rings. The third-order valence-corrected chi connectivity index (χ3v) is 9.62. The Hall–Kier alpha value is -4.42. The molecular weight excluding hydrogens is 569 g/mol. The number of hydrogen-bond acceptors (Lipinski definition) is 8. The summed E-state index contributed by atoms with van der Waals surface area (Å²) in [5.74, 6) is 0.228. The molecule has 1 aliphatic rings. The van der Waals surface area contributed by atoms with Crippen LogP contribution in [-0.2, 0) is 22.4 Å². The largest absolute Gasteiger partial charge is 0.358 e. The minimum atomic E-state index is -0.126. The number of fused-ring (bicyclic) bond motifs is 2. The molecule has 7 rings (SSSR count). The van der Waals surface area contributed by atoms with Crippen molar-refractivity contribution >= 4 is 66.6 Å². The van der Waals surface area contributed by atoms with Crippen LogP contribution in [0, 0.1) is 0 Å². The number of nitrogens with zero attached hydrogens (tertiary/aromatic N) is 4. The van der Waals surface area contributed by atoms with Gasteiger partial charge < -0.3 is 20.6 Å². The molecule has 2 aromatic carbocycles. The molecule has 10 nitrogen and oxygen atoms in total. The lowest BCUT2D eigenvalue weighted by Gasteiger charge is -2.25. The molecule has 4 aromatic heterocycles. The van der Waals surface area contributed by atoms with Crippen molar-refractivity contribution in [2.75, 3.05) is 10.6 Å². The van der Waals surface area contributed by atoms with Gasteiger partial charge in [-0.2, -0.15) is 0 Å². The number of nitrogens with one attached hydrogen (secondary N) is 4. The van der Waals surface area contributed by atoms with Crippen LogP contribution >= 0.6 is 22.7 Å². The van der Waals surface area contributed by atoms with Gasteiger partial charge in [0.25, 0.3) is 0 Å². The monoisotopic (exact) mass is 596 g/mol. The Kier molecular flexibility index (Phi) is 7.22. The number of para-hydroxylation sites is 2. The van der Waals surface area contributed by atoms with E-state index in [-0.39, 0.29) is 36.5 Å².